The van der Waals surface area contributed by atoms with E-state index in [2.05, 4.69) is 152 Å². The van der Waals surface area contributed by atoms with Gasteiger partial charge in [0.1, 0.15) is 10.6 Å². The van der Waals surface area contributed by atoms with Gasteiger partial charge in [-0.15, -0.1) is 0 Å². The van der Waals surface area contributed by atoms with Gasteiger partial charge in [-0.1, -0.05) is 86.3 Å². The Kier molecular flexibility index (Phi) is 9.44. The summed E-state index contributed by atoms with van der Waals surface area (Å²) in [7, 11) is 1.81. The lowest BCUT2D eigenvalue weighted by atomic mass is 10.0. The molecule has 2 fully saturated rings. The summed E-state index contributed by atoms with van der Waals surface area (Å²) in [5, 5.41) is 13.7. The number of fused-ring (bicyclic) bond motifs is 8. The quantitative estimate of drug-likeness (QED) is 0.163. The summed E-state index contributed by atoms with van der Waals surface area (Å²) in [4.78, 5) is 15.3. The first-order valence-corrected chi connectivity index (χ1v) is 25.6. The molecular weight excluding hydrogens is 755 g/mol. The van der Waals surface area contributed by atoms with Crippen LogP contribution in [0.3, 0.4) is 0 Å². The van der Waals surface area contributed by atoms with E-state index in [1.807, 2.05) is 12.4 Å². The average Bonchev–Trinajstić information content (AvgIpc) is 3.30. The average molecular weight is 808 g/mol. The summed E-state index contributed by atoms with van der Waals surface area (Å²) in [6.45, 7) is 2.71. The van der Waals surface area contributed by atoms with E-state index in [9.17, 15) is 0 Å². The van der Waals surface area contributed by atoms with Crippen molar-refractivity contribution in [3.05, 3.63) is 134 Å². The molecule has 4 nitrogen and oxygen atoms in total. The molecule has 2 aliphatic carbocycles. The van der Waals surface area contributed by atoms with Crippen molar-refractivity contribution in [2.24, 2.45) is 0 Å². The van der Waals surface area contributed by atoms with Crippen LogP contribution in [0.15, 0.2) is 134 Å². The maximum Gasteiger partial charge on any atom is 0.123 e. The molecule has 2 atom stereocenters. The van der Waals surface area contributed by atoms with Crippen molar-refractivity contribution in [1.29, 1.82) is 0 Å². The molecule has 6 aromatic carbocycles. The predicted octanol–water partition coefficient (Wildman–Crippen LogP) is 12.6. The lowest BCUT2D eigenvalue weighted by Gasteiger charge is -2.41. The molecule has 0 bridgehead atoms. The van der Waals surface area contributed by atoms with E-state index >= 15 is 0 Å². The number of benzene rings is 6. The van der Waals surface area contributed by atoms with Crippen LogP contribution in [0.4, 0.5) is 22.7 Å². The molecule has 59 heavy (non-hydrogen) atoms. The molecule has 0 saturated heterocycles. The van der Waals surface area contributed by atoms with E-state index < -0.39 is 15.2 Å². The number of hydrogen-bond acceptors (Lipinski definition) is 4. The summed E-state index contributed by atoms with van der Waals surface area (Å²) in [5.41, 5.74) is 8.57. The molecule has 0 amide bonds. The zero-order chi connectivity index (χ0) is 39.7. The molecule has 294 valence electrons. The third-order valence-corrected chi connectivity index (χ3v) is 22.0. The van der Waals surface area contributed by atoms with Crippen molar-refractivity contribution in [1.82, 2.24) is 9.97 Å². The highest BCUT2D eigenvalue weighted by Crippen LogP contribution is 2.65. The first-order chi connectivity index (χ1) is 29.0. The molecule has 0 spiro atoms. The highest BCUT2D eigenvalue weighted by molar-refractivity contribution is 7.90. The highest BCUT2D eigenvalue weighted by Gasteiger charge is 2.51. The van der Waals surface area contributed by atoms with Crippen LogP contribution in [-0.2, 0) is 0 Å². The van der Waals surface area contributed by atoms with Crippen LogP contribution in [0.1, 0.15) is 64.2 Å². The number of pyridine rings is 2. The maximum atomic E-state index is 5.03. The van der Waals surface area contributed by atoms with Gasteiger partial charge in [0.2, 0.25) is 0 Å². The van der Waals surface area contributed by atoms with Crippen molar-refractivity contribution < 1.29 is 0 Å². The van der Waals surface area contributed by atoms with Gasteiger partial charge in [-0.05, 0) is 134 Å². The van der Waals surface area contributed by atoms with E-state index in [0.717, 1.165) is 11.0 Å². The van der Waals surface area contributed by atoms with E-state index in [4.69, 9.17) is 9.97 Å². The number of rotatable bonds is 2. The zero-order valence-electron chi connectivity index (χ0n) is 34.6. The SMILES string of the molecule is CN1c2cc3ccccc3cc2P(C2CCCCC2)c2cc3cccnc3cc2N(C)c2cc3ncccc3cc2[P+](C)(C2CCCCC2)c2cc3ccccc3cc21. The fourth-order valence-corrected chi connectivity index (χ4v) is 19.1. The lowest BCUT2D eigenvalue weighted by Crippen LogP contribution is -2.39. The summed E-state index contributed by atoms with van der Waals surface area (Å²) in [6, 6.07) is 47.3. The summed E-state index contributed by atoms with van der Waals surface area (Å²) in [6.07, 6.45) is 16.8. The van der Waals surface area contributed by atoms with Gasteiger partial charge in [0.25, 0.3) is 0 Å². The minimum Gasteiger partial charge on any atom is -0.341 e. The van der Waals surface area contributed by atoms with Crippen LogP contribution in [0.25, 0.3) is 43.4 Å². The van der Waals surface area contributed by atoms with E-state index in [0.29, 0.717) is 11.3 Å². The first kappa shape index (κ1) is 37.1. The van der Waals surface area contributed by atoms with Crippen LogP contribution in [0, 0.1) is 0 Å². The van der Waals surface area contributed by atoms with Crippen molar-refractivity contribution in [3.63, 3.8) is 0 Å². The molecule has 8 aromatic rings. The van der Waals surface area contributed by atoms with Crippen molar-refractivity contribution in [3.8, 4) is 0 Å². The Morgan fingerprint density at radius 2 is 0.898 bits per heavy atom. The van der Waals surface area contributed by atoms with Crippen molar-refractivity contribution in [2.45, 2.75) is 75.5 Å². The summed E-state index contributed by atoms with van der Waals surface area (Å²) in [5.74, 6) is 0. The minimum absolute atomic E-state index is 0.571. The Bertz CT molecular complexity index is 2720. The van der Waals surface area contributed by atoms with Crippen molar-refractivity contribution in [2.75, 3.05) is 30.6 Å². The fraction of sp³-hybridized carbons (Fsp3) is 0.283. The zero-order valence-corrected chi connectivity index (χ0v) is 36.4. The second-order valence-corrected chi connectivity index (χ2v) is 23.9. The number of aromatic nitrogens is 2. The van der Waals surface area contributed by atoms with Gasteiger partial charge in [0, 0.05) is 53.6 Å². The predicted molar refractivity (Wildman–Crippen MR) is 260 cm³/mol. The van der Waals surface area contributed by atoms with Gasteiger partial charge < -0.3 is 9.80 Å². The molecule has 3 heterocycles. The number of hydrogen-bond donors (Lipinski definition) is 0. The first-order valence-electron chi connectivity index (χ1n) is 21.9. The Morgan fingerprint density at radius 1 is 0.475 bits per heavy atom. The lowest BCUT2D eigenvalue weighted by molar-refractivity contribution is 0.511. The standard InChI is InChI=1S/C53H53N4P2/c1-56-46-28-36-16-10-12-18-38(36)30-50(46)58(42-22-6-4-7-23-42)51-31-40-20-14-26-54-44(40)34-47(51)57(2)49-35-45-41(21-15-27-55-45)33-53(49)59(3,43-24-8-5-9-25-43)52-32-39-19-13-11-17-37(39)29-48(52)56/h10-21,26-35,42-43H,4-9,22-25H2,1-3H3/q+1. The number of nitrogens with zero attached hydrogens (tertiary/aromatic N) is 4. The van der Waals surface area contributed by atoms with E-state index in [1.54, 1.807) is 0 Å². The fourth-order valence-electron chi connectivity index (χ4n) is 11.1. The van der Waals surface area contributed by atoms with Crippen LogP contribution in [-0.4, -0.2) is 42.0 Å². The van der Waals surface area contributed by atoms with E-state index in [1.165, 1.54) is 140 Å². The van der Waals surface area contributed by atoms with Crippen LogP contribution >= 0.6 is 15.2 Å². The Morgan fingerprint density at radius 3 is 1.51 bits per heavy atom. The molecule has 6 heteroatoms. The second-order valence-electron chi connectivity index (χ2n) is 17.6. The maximum absolute atomic E-state index is 5.03. The third kappa shape index (κ3) is 6.24. The Hall–Kier alpha value is -4.88. The summed E-state index contributed by atoms with van der Waals surface area (Å²) >= 11 is 0. The van der Waals surface area contributed by atoms with Gasteiger partial charge in [-0.3, -0.25) is 9.97 Å². The molecule has 0 N–H and O–H groups in total. The van der Waals surface area contributed by atoms with Gasteiger partial charge >= 0.3 is 0 Å². The monoisotopic (exact) mass is 807 g/mol. The Labute approximate surface area is 350 Å². The molecule has 2 unspecified atom stereocenters. The topological polar surface area (TPSA) is 32.3 Å². The van der Waals surface area contributed by atoms with E-state index in [-0.39, 0.29) is 0 Å². The van der Waals surface area contributed by atoms with Crippen molar-refractivity contribution >= 4 is 103 Å². The Balaban J connectivity index is 1.33. The smallest absolute Gasteiger partial charge is 0.123 e. The van der Waals surface area contributed by atoms with Gasteiger partial charge in [0.05, 0.1) is 47.7 Å². The minimum atomic E-state index is -2.14. The van der Waals surface area contributed by atoms with Crippen LogP contribution in [0.5, 0.6) is 0 Å². The summed E-state index contributed by atoms with van der Waals surface area (Å²) < 4.78 is 0. The molecule has 0 radical (unpaired) electrons. The molecule has 11 rings (SSSR count). The molecular formula is C53H53N4P2+. The van der Waals surface area contributed by atoms with Gasteiger partial charge in [0.15, 0.2) is 0 Å². The van der Waals surface area contributed by atoms with Crippen LogP contribution in [0.2, 0.25) is 0 Å². The molecule has 3 aliphatic rings. The third-order valence-electron chi connectivity index (χ3n) is 14.3. The highest BCUT2D eigenvalue weighted by atomic mass is 31.2. The van der Waals surface area contributed by atoms with Gasteiger partial charge in [-0.2, -0.15) is 0 Å². The molecule has 1 aliphatic heterocycles. The van der Waals surface area contributed by atoms with Crippen LogP contribution < -0.4 is 31.0 Å². The largest absolute Gasteiger partial charge is 0.341 e. The second kappa shape index (κ2) is 15.0. The van der Waals surface area contributed by atoms with Gasteiger partial charge in [-0.25, -0.2) is 0 Å². The number of anilines is 4. The molecule has 2 aromatic heterocycles. The molecule has 2 saturated carbocycles. The normalized spacial score (nSPS) is 20.5.